The highest BCUT2D eigenvalue weighted by atomic mass is 16.6. The molecule has 5 nitrogen and oxygen atoms in total. The van der Waals surface area contributed by atoms with Crippen LogP contribution in [0.1, 0.15) is 76.7 Å². The van der Waals surface area contributed by atoms with Gasteiger partial charge in [0.25, 0.3) is 0 Å². The quantitative estimate of drug-likeness (QED) is 0.309. The van der Waals surface area contributed by atoms with Gasteiger partial charge in [-0.25, -0.2) is 9.59 Å². The van der Waals surface area contributed by atoms with Crippen LogP contribution in [0.25, 0.3) is 0 Å². The molecule has 0 aliphatic heterocycles. The number of unbranched alkanes of at least 4 members (excludes halogenated alkanes) is 6. The van der Waals surface area contributed by atoms with Gasteiger partial charge in [-0.3, -0.25) is 0 Å². The molecule has 164 valence electrons. The van der Waals surface area contributed by atoms with Gasteiger partial charge in [-0.15, -0.1) is 0 Å². The van der Waals surface area contributed by atoms with Gasteiger partial charge in [0.2, 0.25) is 0 Å². The highest BCUT2D eigenvalue weighted by molar-refractivity contribution is 5.66. The second-order valence-corrected chi connectivity index (χ2v) is 7.21. The van der Waals surface area contributed by atoms with Gasteiger partial charge in [0.05, 0.1) is 18.1 Å². The smallest absolute Gasteiger partial charge is 0.497 e. The standard InChI is InChI=1S/C24H32O2.CH2O3/c1-3-5-6-7-8-9-11-16-21-17-18-22(19-25)23(24(21)26-4-2)20-14-12-10-13-15-20;2-1(3)4/h10,12-15,17-18,23H,3-9,11,16H2,1-2H3;(H2,2,3,4). The maximum atomic E-state index is 11.5. The Hall–Kier alpha value is -2.78. The summed E-state index contributed by atoms with van der Waals surface area (Å²) in [6, 6.07) is 10.1. The first-order valence-electron chi connectivity index (χ1n) is 10.8. The summed E-state index contributed by atoms with van der Waals surface area (Å²) >= 11 is 0. The first-order valence-corrected chi connectivity index (χ1v) is 10.8. The number of carbonyl (C=O) groups is 1. The third-order valence-corrected chi connectivity index (χ3v) is 4.95. The molecule has 1 aliphatic rings. The van der Waals surface area contributed by atoms with Crippen molar-refractivity contribution in [3.05, 3.63) is 65.0 Å². The van der Waals surface area contributed by atoms with Crippen LogP contribution in [0.3, 0.4) is 0 Å². The SMILES string of the molecule is CCCCCCCCCC1=C(OCC)C(c2ccccc2)C(=C=O)C=C1.O=C(O)O. The van der Waals surface area contributed by atoms with Crippen molar-refractivity contribution in [3.63, 3.8) is 0 Å². The summed E-state index contributed by atoms with van der Waals surface area (Å²) in [5.74, 6) is 2.93. The molecule has 0 saturated carbocycles. The first-order chi connectivity index (χ1) is 14.5. The lowest BCUT2D eigenvalue weighted by Gasteiger charge is -2.26. The second kappa shape index (κ2) is 15.1. The molecular weight excluding hydrogens is 380 g/mol. The molecule has 1 aromatic carbocycles. The van der Waals surface area contributed by atoms with Gasteiger partial charge < -0.3 is 14.9 Å². The monoisotopic (exact) mass is 414 g/mol. The fourth-order valence-electron chi connectivity index (χ4n) is 3.58. The lowest BCUT2D eigenvalue weighted by atomic mass is 9.83. The van der Waals surface area contributed by atoms with Crippen molar-refractivity contribution in [2.24, 2.45) is 0 Å². The molecular formula is C25H34O5. The molecule has 1 atom stereocenters. The van der Waals surface area contributed by atoms with E-state index >= 15 is 0 Å². The third kappa shape index (κ3) is 9.15. The molecule has 2 N–H and O–H groups in total. The van der Waals surface area contributed by atoms with Gasteiger partial charge >= 0.3 is 6.16 Å². The van der Waals surface area contributed by atoms with E-state index in [1.807, 2.05) is 31.2 Å². The van der Waals surface area contributed by atoms with E-state index in [-0.39, 0.29) is 5.92 Å². The molecule has 0 radical (unpaired) electrons. The Balaban J connectivity index is 0.00000103. The molecule has 0 aromatic heterocycles. The van der Waals surface area contributed by atoms with E-state index in [1.165, 1.54) is 50.5 Å². The van der Waals surface area contributed by atoms with Gasteiger partial charge in [0, 0.05) is 0 Å². The molecule has 0 amide bonds. The number of rotatable bonds is 11. The van der Waals surface area contributed by atoms with E-state index in [2.05, 4.69) is 31.1 Å². The summed E-state index contributed by atoms with van der Waals surface area (Å²) in [6.07, 6.45) is 12.2. The molecule has 30 heavy (non-hydrogen) atoms. The number of ether oxygens (including phenoxy) is 1. The van der Waals surface area contributed by atoms with E-state index in [4.69, 9.17) is 19.7 Å². The zero-order chi connectivity index (χ0) is 22.2. The minimum absolute atomic E-state index is 0.127. The van der Waals surface area contributed by atoms with Crippen molar-refractivity contribution < 1.29 is 24.5 Å². The van der Waals surface area contributed by atoms with Crippen LogP contribution in [-0.4, -0.2) is 28.9 Å². The van der Waals surface area contributed by atoms with Gasteiger partial charge in [0.15, 0.2) is 0 Å². The Kier molecular flexibility index (Phi) is 12.7. The van der Waals surface area contributed by atoms with Crippen molar-refractivity contribution in [1.29, 1.82) is 0 Å². The molecule has 5 heteroatoms. The summed E-state index contributed by atoms with van der Waals surface area (Å²) < 4.78 is 6.03. The average Bonchev–Trinajstić information content (AvgIpc) is 2.74. The normalized spacial score (nSPS) is 15.3. The maximum absolute atomic E-state index is 11.5. The molecule has 1 aliphatic carbocycles. The largest absolute Gasteiger partial charge is 0.503 e. The number of hydrogen-bond acceptors (Lipinski definition) is 3. The third-order valence-electron chi connectivity index (χ3n) is 4.95. The second-order valence-electron chi connectivity index (χ2n) is 7.21. The van der Waals surface area contributed by atoms with E-state index in [0.29, 0.717) is 12.2 Å². The zero-order valence-electron chi connectivity index (χ0n) is 18.1. The van der Waals surface area contributed by atoms with Crippen LogP contribution in [0.4, 0.5) is 4.79 Å². The number of carbonyl (C=O) groups excluding carboxylic acids is 1. The molecule has 0 spiro atoms. The molecule has 2 rings (SSSR count). The number of hydrogen-bond donors (Lipinski definition) is 2. The first kappa shape index (κ1) is 25.3. The maximum Gasteiger partial charge on any atom is 0.503 e. The minimum atomic E-state index is -1.83. The van der Waals surface area contributed by atoms with Crippen LogP contribution >= 0.6 is 0 Å². The van der Waals surface area contributed by atoms with Crippen LogP contribution in [-0.2, 0) is 9.53 Å². The fourth-order valence-corrected chi connectivity index (χ4v) is 3.58. The number of allylic oxidation sites excluding steroid dienone is 4. The highest BCUT2D eigenvalue weighted by Gasteiger charge is 2.27. The van der Waals surface area contributed by atoms with Crippen LogP contribution in [0.2, 0.25) is 0 Å². The van der Waals surface area contributed by atoms with E-state index in [1.54, 1.807) is 0 Å². The van der Waals surface area contributed by atoms with Crippen molar-refractivity contribution in [3.8, 4) is 0 Å². The highest BCUT2D eigenvalue weighted by Crippen LogP contribution is 2.39. The Bertz CT molecular complexity index is 738. The van der Waals surface area contributed by atoms with Crippen molar-refractivity contribution in [2.75, 3.05) is 6.61 Å². The van der Waals surface area contributed by atoms with E-state index in [9.17, 15) is 4.79 Å². The van der Waals surface area contributed by atoms with Gasteiger partial charge in [-0.2, -0.15) is 0 Å². The zero-order valence-corrected chi connectivity index (χ0v) is 18.1. The lowest BCUT2D eigenvalue weighted by Crippen LogP contribution is -2.14. The lowest BCUT2D eigenvalue weighted by molar-refractivity contribution is 0.137. The Labute approximate surface area is 179 Å². The predicted octanol–water partition coefficient (Wildman–Crippen LogP) is 6.75. The average molecular weight is 415 g/mol. The van der Waals surface area contributed by atoms with E-state index in [0.717, 1.165) is 17.7 Å². The molecule has 1 unspecified atom stereocenters. The molecule has 0 bridgehead atoms. The van der Waals surface area contributed by atoms with Crippen LogP contribution in [0.15, 0.2) is 59.4 Å². The van der Waals surface area contributed by atoms with Crippen molar-refractivity contribution in [2.45, 2.75) is 71.1 Å². The van der Waals surface area contributed by atoms with Crippen molar-refractivity contribution in [1.82, 2.24) is 0 Å². The Morgan fingerprint density at radius 1 is 0.967 bits per heavy atom. The topological polar surface area (TPSA) is 83.8 Å². The minimum Gasteiger partial charge on any atom is -0.497 e. The molecule has 0 fully saturated rings. The van der Waals surface area contributed by atoms with Crippen LogP contribution in [0.5, 0.6) is 0 Å². The molecule has 0 heterocycles. The van der Waals surface area contributed by atoms with Gasteiger partial charge in [-0.1, -0.05) is 81.9 Å². The van der Waals surface area contributed by atoms with E-state index < -0.39 is 6.16 Å². The van der Waals surface area contributed by atoms with Crippen LogP contribution < -0.4 is 0 Å². The van der Waals surface area contributed by atoms with Crippen molar-refractivity contribution >= 4 is 12.1 Å². The summed E-state index contributed by atoms with van der Waals surface area (Å²) in [6.45, 7) is 4.87. The summed E-state index contributed by atoms with van der Waals surface area (Å²) in [5.41, 5.74) is 2.98. The van der Waals surface area contributed by atoms with Gasteiger partial charge in [0.1, 0.15) is 11.7 Å². The van der Waals surface area contributed by atoms with Crippen LogP contribution in [0, 0.1) is 0 Å². The summed E-state index contributed by atoms with van der Waals surface area (Å²) in [5, 5.41) is 13.9. The molecule has 1 aromatic rings. The number of carboxylic acid groups (broad SMARTS) is 2. The predicted molar refractivity (Wildman–Crippen MR) is 119 cm³/mol. The Morgan fingerprint density at radius 2 is 1.57 bits per heavy atom. The molecule has 0 saturated heterocycles. The fraction of sp³-hybridized carbons (Fsp3) is 0.480. The number of benzene rings is 1. The Morgan fingerprint density at radius 3 is 2.13 bits per heavy atom. The summed E-state index contributed by atoms with van der Waals surface area (Å²) in [4.78, 5) is 20.0. The van der Waals surface area contributed by atoms with Gasteiger partial charge in [-0.05, 0) is 37.0 Å². The summed E-state index contributed by atoms with van der Waals surface area (Å²) in [7, 11) is 0.